The molecular weight excluding hydrogens is 296 g/mol. The first-order valence-electron chi connectivity index (χ1n) is 4.44. The summed E-state index contributed by atoms with van der Waals surface area (Å²) in [6.07, 6.45) is 0.186. The number of aliphatic hydroxyl groups is 1. The quantitative estimate of drug-likeness (QED) is 0.948. The zero-order valence-corrected chi connectivity index (χ0v) is 11.2. The van der Waals surface area contributed by atoms with Gasteiger partial charge in [0.1, 0.15) is 6.10 Å². The van der Waals surface area contributed by atoms with Gasteiger partial charge in [-0.25, -0.2) is 0 Å². The molecule has 0 bridgehead atoms. The Hall–Kier alpha value is -0.300. The number of hydrogen-bond acceptors (Lipinski definition) is 5. The highest BCUT2D eigenvalue weighted by atomic mass is 79.9. The second-order valence-corrected chi connectivity index (χ2v) is 5.40. The summed E-state index contributed by atoms with van der Waals surface area (Å²) in [5.74, 6) is 0. The van der Waals surface area contributed by atoms with E-state index in [1.54, 1.807) is 11.3 Å². The first kappa shape index (κ1) is 11.2. The number of thiophene rings is 1. The molecule has 0 amide bonds. The molecule has 1 atom stereocenters. The predicted octanol–water partition coefficient (Wildman–Crippen LogP) is 3.01. The van der Waals surface area contributed by atoms with Gasteiger partial charge in [0.25, 0.3) is 0 Å². The minimum Gasteiger partial charge on any atom is -0.383 e. The molecule has 2 aromatic heterocycles. The maximum Gasteiger partial charge on any atom is 0.119 e. The summed E-state index contributed by atoms with van der Waals surface area (Å²) in [7, 11) is 0. The standard InChI is InChI=1S/C9H9BrN2OS2/c1-2-7-9(15-12-11-7)8(13)5-3-14-4-6(5)10/h3-4,8,13H,2H2,1H3. The molecule has 1 unspecified atom stereocenters. The van der Waals surface area contributed by atoms with E-state index >= 15 is 0 Å². The van der Waals surface area contributed by atoms with Crippen molar-refractivity contribution in [2.45, 2.75) is 19.4 Å². The van der Waals surface area contributed by atoms with Crippen LogP contribution in [0.4, 0.5) is 0 Å². The highest BCUT2D eigenvalue weighted by Gasteiger charge is 2.20. The van der Waals surface area contributed by atoms with Gasteiger partial charge in [-0.05, 0) is 39.3 Å². The number of aryl methyl sites for hydroxylation is 1. The van der Waals surface area contributed by atoms with Crippen LogP contribution >= 0.6 is 38.8 Å². The average molecular weight is 305 g/mol. The maximum absolute atomic E-state index is 10.2. The van der Waals surface area contributed by atoms with Gasteiger partial charge in [0.15, 0.2) is 0 Å². The van der Waals surface area contributed by atoms with Crippen LogP contribution < -0.4 is 0 Å². The lowest BCUT2D eigenvalue weighted by Gasteiger charge is -2.07. The van der Waals surface area contributed by atoms with Crippen molar-refractivity contribution in [3.63, 3.8) is 0 Å². The van der Waals surface area contributed by atoms with Crippen molar-refractivity contribution in [2.75, 3.05) is 0 Å². The summed E-state index contributed by atoms with van der Waals surface area (Å²) in [6.45, 7) is 2.01. The summed E-state index contributed by atoms with van der Waals surface area (Å²) < 4.78 is 4.81. The lowest BCUT2D eigenvalue weighted by atomic mass is 10.1. The molecule has 15 heavy (non-hydrogen) atoms. The fraction of sp³-hybridized carbons (Fsp3) is 0.333. The minimum atomic E-state index is -0.611. The highest BCUT2D eigenvalue weighted by molar-refractivity contribution is 9.10. The van der Waals surface area contributed by atoms with E-state index in [0.29, 0.717) is 0 Å². The highest BCUT2D eigenvalue weighted by Crippen LogP contribution is 2.33. The molecule has 80 valence electrons. The van der Waals surface area contributed by atoms with Crippen molar-refractivity contribution in [3.05, 3.63) is 31.4 Å². The van der Waals surface area contributed by atoms with E-state index in [1.165, 1.54) is 11.5 Å². The lowest BCUT2D eigenvalue weighted by molar-refractivity contribution is 0.222. The molecule has 0 spiro atoms. The molecule has 2 heterocycles. The van der Waals surface area contributed by atoms with E-state index in [0.717, 1.165) is 27.0 Å². The Morgan fingerprint density at radius 3 is 2.93 bits per heavy atom. The summed E-state index contributed by atoms with van der Waals surface area (Å²) in [5, 5.41) is 18.1. The van der Waals surface area contributed by atoms with Gasteiger partial charge in [0.2, 0.25) is 0 Å². The Bertz CT molecular complexity index is 454. The third-order valence-corrected chi connectivity index (χ3v) is 4.68. The smallest absolute Gasteiger partial charge is 0.119 e. The SMILES string of the molecule is CCc1nnsc1C(O)c1cscc1Br. The van der Waals surface area contributed by atoms with E-state index in [-0.39, 0.29) is 0 Å². The van der Waals surface area contributed by atoms with E-state index in [4.69, 9.17) is 0 Å². The fourth-order valence-electron chi connectivity index (χ4n) is 1.30. The molecule has 2 rings (SSSR count). The Morgan fingerprint density at radius 2 is 2.33 bits per heavy atom. The number of rotatable bonds is 3. The van der Waals surface area contributed by atoms with Gasteiger partial charge in [0, 0.05) is 15.4 Å². The largest absolute Gasteiger partial charge is 0.383 e. The second kappa shape index (κ2) is 4.69. The number of hydrogen-bond donors (Lipinski definition) is 1. The van der Waals surface area contributed by atoms with Crippen LogP contribution in [0, 0.1) is 0 Å². The minimum absolute atomic E-state index is 0.611. The van der Waals surface area contributed by atoms with Crippen molar-refractivity contribution < 1.29 is 5.11 Å². The molecule has 0 aromatic carbocycles. The third-order valence-electron chi connectivity index (χ3n) is 2.11. The van der Waals surface area contributed by atoms with Crippen LogP contribution in [-0.2, 0) is 6.42 Å². The topological polar surface area (TPSA) is 46.0 Å². The lowest BCUT2D eigenvalue weighted by Crippen LogP contribution is -2.00. The van der Waals surface area contributed by atoms with Crippen LogP contribution in [-0.4, -0.2) is 14.7 Å². The van der Waals surface area contributed by atoms with Crippen LogP contribution in [0.5, 0.6) is 0 Å². The van der Waals surface area contributed by atoms with Crippen molar-refractivity contribution in [1.29, 1.82) is 0 Å². The van der Waals surface area contributed by atoms with Crippen molar-refractivity contribution in [3.8, 4) is 0 Å². The molecular formula is C9H9BrN2OS2. The average Bonchev–Trinajstić information content (AvgIpc) is 2.84. The van der Waals surface area contributed by atoms with Gasteiger partial charge in [-0.3, -0.25) is 0 Å². The normalized spacial score (nSPS) is 13.0. The Balaban J connectivity index is 2.36. The summed E-state index contributed by atoms with van der Waals surface area (Å²) >= 11 is 6.24. The van der Waals surface area contributed by atoms with Crippen molar-refractivity contribution >= 4 is 38.8 Å². The van der Waals surface area contributed by atoms with Crippen LogP contribution in [0.25, 0.3) is 0 Å². The Morgan fingerprint density at radius 1 is 1.53 bits per heavy atom. The first-order chi connectivity index (χ1) is 7.24. The molecule has 3 nitrogen and oxygen atoms in total. The summed E-state index contributed by atoms with van der Waals surface area (Å²) in [6, 6.07) is 0. The van der Waals surface area contributed by atoms with Crippen LogP contribution in [0.1, 0.15) is 29.2 Å². The maximum atomic E-state index is 10.2. The van der Waals surface area contributed by atoms with Gasteiger partial charge in [-0.15, -0.1) is 5.10 Å². The molecule has 0 saturated carbocycles. The fourth-order valence-corrected chi connectivity index (χ4v) is 3.57. The molecule has 0 aliphatic carbocycles. The number of halogens is 1. The molecule has 1 N–H and O–H groups in total. The number of aromatic nitrogens is 2. The van der Waals surface area contributed by atoms with E-state index in [2.05, 4.69) is 25.5 Å². The molecule has 0 aliphatic heterocycles. The zero-order valence-electron chi connectivity index (χ0n) is 7.98. The van der Waals surface area contributed by atoms with Crippen LogP contribution in [0.15, 0.2) is 15.2 Å². The van der Waals surface area contributed by atoms with Gasteiger partial charge >= 0.3 is 0 Å². The van der Waals surface area contributed by atoms with Crippen molar-refractivity contribution in [1.82, 2.24) is 9.59 Å². The van der Waals surface area contributed by atoms with Gasteiger partial charge in [-0.2, -0.15) is 11.3 Å². The third kappa shape index (κ3) is 2.13. The second-order valence-electron chi connectivity index (χ2n) is 3.02. The monoisotopic (exact) mass is 304 g/mol. The number of nitrogens with zero attached hydrogens (tertiary/aromatic N) is 2. The predicted molar refractivity (Wildman–Crippen MR) is 65.4 cm³/mol. The first-order valence-corrected chi connectivity index (χ1v) is 6.95. The van der Waals surface area contributed by atoms with Gasteiger partial charge in [-0.1, -0.05) is 11.4 Å². The molecule has 0 saturated heterocycles. The summed E-state index contributed by atoms with van der Waals surface area (Å²) in [4.78, 5) is 0.844. The van der Waals surface area contributed by atoms with E-state index < -0.39 is 6.10 Å². The van der Waals surface area contributed by atoms with E-state index in [1.807, 2.05) is 17.7 Å². The van der Waals surface area contributed by atoms with Crippen LogP contribution in [0.2, 0.25) is 0 Å². The summed E-state index contributed by atoms with van der Waals surface area (Å²) in [5.41, 5.74) is 1.77. The molecule has 0 aliphatic rings. The van der Waals surface area contributed by atoms with Crippen molar-refractivity contribution in [2.24, 2.45) is 0 Å². The number of aliphatic hydroxyl groups excluding tert-OH is 1. The molecule has 0 fully saturated rings. The van der Waals surface area contributed by atoms with Crippen LogP contribution in [0.3, 0.4) is 0 Å². The van der Waals surface area contributed by atoms with E-state index in [9.17, 15) is 5.11 Å². The molecule has 2 aromatic rings. The van der Waals surface area contributed by atoms with Gasteiger partial charge in [0.05, 0.1) is 10.6 Å². The molecule has 6 heteroatoms. The molecule has 0 radical (unpaired) electrons. The Labute approximate surface area is 104 Å². The zero-order chi connectivity index (χ0) is 10.8. The van der Waals surface area contributed by atoms with Gasteiger partial charge < -0.3 is 5.11 Å². The Kier molecular flexibility index (Phi) is 3.50.